The number of amides is 1. The maximum Gasteiger partial charge on any atom is 0.487 e. The van der Waals surface area contributed by atoms with Crippen molar-refractivity contribution in [3.8, 4) is 16.9 Å². The van der Waals surface area contributed by atoms with Gasteiger partial charge in [0.1, 0.15) is 11.6 Å². The number of nitrogens with one attached hydrogen (secondary N) is 1. The molecule has 1 unspecified atom stereocenters. The van der Waals surface area contributed by atoms with Crippen molar-refractivity contribution < 1.29 is 18.3 Å². The molecule has 11 heteroatoms. The van der Waals surface area contributed by atoms with Crippen LogP contribution in [0.3, 0.4) is 0 Å². The molecule has 4 rings (SSSR count). The number of aromatic nitrogens is 2. The quantitative estimate of drug-likeness (QED) is 0.478. The molecule has 1 N–H and O–H groups in total. The lowest BCUT2D eigenvalue weighted by molar-refractivity contribution is -0.0964. The van der Waals surface area contributed by atoms with Gasteiger partial charge in [-0.05, 0) is 62.4 Å². The summed E-state index contributed by atoms with van der Waals surface area (Å²) in [4.78, 5) is 21.9. The lowest BCUT2D eigenvalue weighted by Crippen LogP contribution is -2.32. The molecule has 0 radical (unpaired) electrons. The summed E-state index contributed by atoms with van der Waals surface area (Å²) >= 11 is 6.10. The van der Waals surface area contributed by atoms with Crippen molar-refractivity contribution in [1.29, 1.82) is 0 Å². The second kappa shape index (κ2) is 9.58. The first-order chi connectivity index (χ1) is 15.7. The molecule has 33 heavy (non-hydrogen) atoms. The predicted molar refractivity (Wildman–Crippen MR) is 125 cm³/mol. The Morgan fingerprint density at radius 3 is 2.67 bits per heavy atom. The smallest absolute Gasteiger partial charge is 0.420 e. The van der Waals surface area contributed by atoms with E-state index < -0.39 is 5.57 Å². The fourth-order valence-corrected chi connectivity index (χ4v) is 4.31. The third kappa shape index (κ3) is 5.76. The Bertz CT molecular complexity index is 1110. The highest BCUT2D eigenvalue weighted by Gasteiger charge is 2.28. The number of nitrogens with zero attached hydrogens (tertiary/aromatic N) is 4. The zero-order valence-corrected chi connectivity index (χ0v) is 19.5. The summed E-state index contributed by atoms with van der Waals surface area (Å²) in [6.45, 7) is 1.73. The summed E-state index contributed by atoms with van der Waals surface area (Å²) in [7, 11) is 4.14. The second-order valence-electron chi connectivity index (χ2n) is 7.89. The summed E-state index contributed by atoms with van der Waals surface area (Å²) in [6, 6.07) is 7.73. The predicted octanol–water partition coefficient (Wildman–Crippen LogP) is 4.77. The molecule has 0 aliphatic carbocycles. The number of halogens is 3. The van der Waals surface area contributed by atoms with Crippen molar-refractivity contribution in [3.63, 3.8) is 0 Å². The van der Waals surface area contributed by atoms with Crippen LogP contribution in [0.5, 0.6) is 5.75 Å². The van der Waals surface area contributed by atoms with Crippen molar-refractivity contribution in [2.24, 2.45) is 0 Å². The highest BCUT2D eigenvalue weighted by Crippen LogP contribution is 2.33. The Morgan fingerprint density at radius 2 is 2.06 bits per heavy atom. The van der Waals surface area contributed by atoms with E-state index in [9.17, 15) is 13.6 Å². The van der Waals surface area contributed by atoms with Crippen LogP contribution >= 0.6 is 23.1 Å². The monoisotopic (exact) mass is 493 g/mol. The molecule has 0 bridgehead atoms. The van der Waals surface area contributed by atoms with E-state index in [4.69, 9.17) is 11.6 Å². The number of carbonyl (C=O) groups excluding carboxylic acids is 1. The zero-order chi connectivity index (χ0) is 23.6. The molecule has 3 heterocycles. The third-order valence-corrected chi connectivity index (χ3v) is 6.07. The van der Waals surface area contributed by atoms with Crippen LogP contribution in [0.4, 0.5) is 20.3 Å². The van der Waals surface area contributed by atoms with Crippen LogP contribution < -0.4 is 15.0 Å². The molecule has 1 amide bonds. The minimum absolute atomic E-state index is 0.118. The molecule has 1 aromatic carbocycles. The van der Waals surface area contributed by atoms with Crippen LogP contribution in [0, 0.1) is 0 Å². The molecule has 1 fully saturated rings. The number of pyridine rings is 1. The Hall–Kier alpha value is -2.82. The molecule has 3 aromatic rings. The molecule has 1 aliphatic heterocycles. The largest absolute Gasteiger partial charge is 0.487 e. The minimum Gasteiger partial charge on any atom is -0.420 e. The first-order valence-corrected chi connectivity index (χ1v) is 11.4. The molecular formula is C22H22ClF2N5O2S. The summed E-state index contributed by atoms with van der Waals surface area (Å²) < 4.78 is 34.0. The van der Waals surface area contributed by atoms with Crippen LogP contribution in [0.1, 0.15) is 16.8 Å². The van der Waals surface area contributed by atoms with E-state index in [0.717, 1.165) is 36.5 Å². The van der Waals surface area contributed by atoms with Crippen LogP contribution in [0.15, 0.2) is 48.1 Å². The Morgan fingerprint density at radius 1 is 1.30 bits per heavy atom. The van der Waals surface area contributed by atoms with Gasteiger partial charge in [0.05, 0.1) is 5.56 Å². The van der Waals surface area contributed by atoms with Gasteiger partial charge in [0.2, 0.25) is 0 Å². The van der Waals surface area contributed by atoms with Crippen molar-refractivity contribution >= 4 is 40.5 Å². The van der Waals surface area contributed by atoms with Crippen LogP contribution in [-0.4, -0.2) is 59.0 Å². The van der Waals surface area contributed by atoms with Gasteiger partial charge in [0.25, 0.3) is 5.91 Å². The van der Waals surface area contributed by atoms with Gasteiger partial charge in [-0.1, -0.05) is 0 Å². The van der Waals surface area contributed by atoms with E-state index in [2.05, 4.69) is 43.3 Å². The Balaban J connectivity index is 1.55. The standard InChI is InChI=1S/C22H22ClF2N5O2S/c1-29(2)17-7-8-30(12-17)20-19(15-11-27-33-13-15)9-14(10-26-20)21(31)28-16-3-5-18(6-4-16)32-22(23,24)25/h3-6,9-11,13,17H,7-8,12H2,1-2H3,(H,28,31). The summed E-state index contributed by atoms with van der Waals surface area (Å²) in [5.41, 5.74) is -1.28. The molecule has 0 saturated carbocycles. The summed E-state index contributed by atoms with van der Waals surface area (Å²) in [6.07, 6.45) is 4.34. The summed E-state index contributed by atoms with van der Waals surface area (Å²) in [5, 5.41) is 4.67. The molecule has 174 valence electrons. The van der Waals surface area contributed by atoms with Gasteiger partial charge in [-0.15, -0.1) is 8.78 Å². The second-order valence-corrected chi connectivity index (χ2v) is 8.98. The van der Waals surface area contributed by atoms with Crippen LogP contribution in [0.2, 0.25) is 0 Å². The number of rotatable bonds is 7. The lowest BCUT2D eigenvalue weighted by Gasteiger charge is -2.23. The fraction of sp³-hybridized carbons (Fsp3) is 0.318. The number of hydrogen-bond acceptors (Lipinski definition) is 7. The van der Waals surface area contributed by atoms with E-state index in [1.807, 2.05) is 5.38 Å². The minimum atomic E-state index is -3.80. The SMILES string of the molecule is CN(C)C1CCN(c2ncc(C(=O)Nc3ccc(OC(F)(F)Cl)cc3)cc2-c2cnsc2)C1. The Kier molecular flexibility index (Phi) is 6.78. The average Bonchev–Trinajstić information content (AvgIpc) is 3.46. The van der Waals surface area contributed by atoms with E-state index in [1.165, 1.54) is 35.8 Å². The van der Waals surface area contributed by atoms with Gasteiger partial charge in [-0.2, -0.15) is 0 Å². The normalized spacial score (nSPS) is 16.3. The first kappa shape index (κ1) is 23.3. The number of benzene rings is 1. The molecular weight excluding hydrogens is 472 g/mol. The molecule has 2 aromatic heterocycles. The van der Waals surface area contributed by atoms with Gasteiger partial charge >= 0.3 is 5.57 Å². The highest BCUT2D eigenvalue weighted by molar-refractivity contribution is 7.03. The van der Waals surface area contributed by atoms with Gasteiger partial charge in [0, 0.05) is 65.3 Å². The third-order valence-electron chi connectivity index (χ3n) is 5.41. The van der Waals surface area contributed by atoms with Crippen LogP contribution in [-0.2, 0) is 0 Å². The number of likely N-dealkylation sites (N-methyl/N-ethyl adjacent to an activating group) is 1. The Labute approximate surface area is 199 Å². The molecule has 0 spiro atoms. The fourth-order valence-electron chi connectivity index (χ4n) is 3.68. The van der Waals surface area contributed by atoms with E-state index >= 15 is 0 Å². The van der Waals surface area contributed by atoms with Crippen molar-refractivity contribution in [2.45, 2.75) is 18.0 Å². The first-order valence-electron chi connectivity index (χ1n) is 10.2. The van der Waals surface area contributed by atoms with Gasteiger partial charge in [0.15, 0.2) is 0 Å². The molecule has 1 atom stereocenters. The number of carbonyl (C=O) groups is 1. The highest BCUT2D eigenvalue weighted by atomic mass is 35.5. The number of ether oxygens (including phenoxy) is 1. The summed E-state index contributed by atoms with van der Waals surface area (Å²) in [5.74, 6) is 0.329. The van der Waals surface area contributed by atoms with Crippen molar-refractivity contribution in [1.82, 2.24) is 14.3 Å². The van der Waals surface area contributed by atoms with E-state index in [0.29, 0.717) is 17.3 Å². The molecule has 7 nitrogen and oxygen atoms in total. The van der Waals surface area contributed by atoms with Gasteiger partial charge < -0.3 is 19.9 Å². The van der Waals surface area contributed by atoms with E-state index in [1.54, 1.807) is 18.5 Å². The molecule has 1 aliphatic rings. The van der Waals surface area contributed by atoms with Gasteiger partial charge in [-0.25, -0.2) is 9.36 Å². The van der Waals surface area contributed by atoms with E-state index in [-0.39, 0.29) is 11.7 Å². The van der Waals surface area contributed by atoms with Crippen molar-refractivity contribution in [2.75, 3.05) is 37.4 Å². The van der Waals surface area contributed by atoms with Crippen molar-refractivity contribution in [3.05, 3.63) is 53.7 Å². The van der Waals surface area contributed by atoms with Gasteiger partial charge in [-0.3, -0.25) is 4.79 Å². The number of anilines is 2. The lowest BCUT2D eigenvalue weighted by atomic mass is 10.1. The van der Waals surface area contributed by atoms with Crippen LogP contribution in [0.25, 0.3) is 11.1 Å². The zero-order valence-electron chi connectivity index (χ0n) is 18.0. The maximum absolute atomic E-state index is 12.9. The molecule has 1 saturated heterocycles. The average molecular weight is 494 g/mol. The topological polar surface area (TPSA) is 70.6 Å². The number of hydrogen-bond donors (Lipinski definition) is 1. The number of alkyl halides is 3. The maximum atomic E-state index is 12.9.